The molecule has 0 saturated carbocycles. The molecule has 0 bridgehead atoms. The molecule has 2 aromatic rings. The molecule has 0 fully saturated rings. The first kappa shape index (κ1) is 12.2. The molecule has 17 heavy (non-hydrogen) atoms. The summed E-state index contributed by atoms with van der Waals surface area (Å²) >= 11 is 8.85. The summed E-state index contributed by atoms with van der Waals surface area (Å²) < 4.78 is 0.928. The van der Waals surface area contributed by atoms with E-state index in [1.807, 2.05) is 12.1 Å². The number of carbonyl (C=O) groups excluding carboxylic acids is 1. The van der Waals surface area contributed by atoms with Crippen LogP contribution in [-0.4, -0.2) is 26.0 Å². The number of ketones is 1. The molecule has 88 valence electrons. The summed E-state index contributed by atoms with van der Waals surface area (Å²) in [5.41, 5.74) is 0.609. The van der Waals surface area contributed by atoms with Gasteiger partial charge in [0.15, 0.2) is 11.6 Å². The fourth-order valence-corrected chi connectivity index (χ4v) is 1.62. The van der Waals surface area contributed by atoms with Crippen molar-refractivity contribution < 1.29 is 4.79 Å². The van der Waals surface area contributed by atoms with Crippen molar-refractivity contribution in [1.82, 2.24) is 20.2 Å². The van der Waals surface area contributed by atoms with E-state index in [0.29, 0.717) is 11.4 Å². The topological polar surface area (TPSA) is 60.7 Å². The lowest BCUT2D eigenvalue weighted by molar-refractivity contribution is 0.0961. The molecule has 0 atom stereocenters. The van der Waals surface area contributed by atoms with E-state index in [-0.39, 0.29) is 18.2 Å². The molecule has 1 aromatic carbocycles. The number of hydrogen-bond donors (Lipinski definition) is 0. The van der Waals surface area contributed by atoms with Gasteiger partial charge in [-0.3, -0.25) is 4.79 Å². The van der Waals surface area contributed by atoms with E-state index in [4.69, 9.17) is 11.6 Å². The molecule has 2 rings (SSSR count). The molecule has 0 aliphatic rings. The lowest BCUT2D eigenvalue weighted by Crippen LogP contribution is -2.13. The smallest absolute Gasteiger partial charge is 0.189 e. The fraction of sp³-hybridized carbons (Fsp3) is 0.200. The molecule has 0 amide bonds. The Hall–Kier alpha value is -1.27. The van der Waals surface area contributed by atoms with Crippen LogP contribution in [0.2, 0.25) is 0 Å². The van der Waals surface area contributed by atoms with Crippen molar-refractivity contribution >= 4 is 33.3 Å². The zero-order valence-electron chi connectivity index (χ0n) is 8.68. The van der Waals surface area contributed by atoms with E-state index in [1.165, 1.54) is 4.80 Å². The van der Waals surface area contributed by atoms with Crippen molar-refractivity contribution in [2.75, 3.05) is 0 Å². The number of Topliss-reactive ketones (excluding diaryl/α,β-unsaturated/α-hetero) is 1. The second-order valence-electron chi connectivity index (χ2n) is 3.30. The Bertz CT molecular complexity index is 525. The second kappa shape index (κ2) is 5.37. The molecular formula is C10H8BrClN4O. The summed E-state index contributed by atoms with van der Waals surface area (Å²) in [6.45, 7) is 0.0610. The monoisotopic (exact) mass is 314 g/mol. The summed E-state index contributed by atoms with van der Waals surface area (Å²) in [6.07, 6.45) is 0. The normalized spacial score (nSPS) is 10.5. The van der Waals surface area contributed by atoms with Gasteiger partial charge in [-0.05, 0) is 17.3 Å². The van der Waals surface area contributed by atoms with Crippen molar-refractivity contribution in [3.63, 3.8) is 0 Å². The summed E-state index contributed by atoms with van der Waals surface area (Å²) in [4.78, 5) is 13.1. The average molecular weight is 316 g/mol. The van der Waals surface area contributed by atoms with Crippen LogP contribution in [0.25, 0.3) is 0 Å². The Morgan fingerprint density at radius 1 is 1.35 bits per heavy atom. The lowest BCUT2D eigenvalue weighted by Gasteiger charge is -1.99. The van der Waals surface area contributed by atoms with E-state index in [2.05, 4.69) is 31.3 Å². The molecule has 0 saturated heterocycles. The number of alkyl halides is 1. The van der Waals surface area contributed by atoms with E-state index in [9.17, 15) is 4.79 Å². The molecule has 1 aromatic heterocycles. The van der Waals surface area contributed by atoms with Gasteiger partial charge in [0.05, 0.1) is 5.88 Å². The minimum absolute atomic E-state index is 0.0610. The zero-order chi connectivity index (χ0) is 12.3. The van der Waals surface area contributed by atoms with Gasteiger partial charge in [-0.25, -0.2) is 0 Å². The maximum Gasteiger partial charge on any atom is 0.189 e. The van der Waals surface area contributed by atoms with Gasteiger partial charge in [0, 0.05) is 10.0 Å². The summed E-state index contributed by atoms with van der Waals surface area (Å²) in [5.74, 6) is 0.526. The van der Waals surface area contributed by atoms with Gasteiger partial charge in [0.2, 0.25) is 0 Å². The number of halogens is 2. The van der Waals surface area contributed by atoms with Crippen LogP contribution in [0.1, 0.15) is 16.2 Å². The minimum Gasteiger partial charge on any atom is -0.292 e. The van der Waals surface area contributed by atoms with E-state index in [1.54, 1.807) is 12.1 Å². The van der Waals surface area contributed by atoms with Crippen molar-refractivity contribution in [3.05, 3.63) is 40.1 Å². The first-order valence-corrected chi connectivity index (χ1v) is 6.13. The number of carbonyl (C=O) groups is 1. The molecule has 1 heterocycles. The van der Waals surface area contributed by atoms with Crippen molar-refractivity contribution in [2.45, 2.75) is 12.4 Å². The summed E-state index contributed by atoms with van der Waals surface area (Å²) in [6, 6.07) is 7.11. The van der Waals surface area contributed by atoms with Crippen molar-refractivity contribution in [2.24, 2.45) is 0 Å². The Labute approximate surface area is 111 Å². The molecule has 5 nitrogen and oxygen atoms in total. The van der Waals surface area contributed by atoms with Crippen LogP contribution in [-0.2, 0) is 12.4 Å². The summed E-state index contributed by atoms with van der Waals surface area (Å²) in [7, 11) is 0. The molecule has 7 heteroatoms. The van der Waals surface area contributed by atoms with Gasteiger partial charge in [-0.2, -0.15) is 4.80 Å². The maximum atomic E-state index is 11.8. The average Bonchev–Trinajstić information content (AvgIpc) is 2.77. The van der Waals surface area contributed by atoms with Crippen LogP contribution >= 0.6 is 27.5 Å². The molecule has 0 N–H and O–H groups in total. The minimum atomic E-state index is -0.0731. The highest BCUT2D eigenvalue weighted by molar-refractivity contribution is 9.10. The Morgan fingerprint density at radius 2 is 2.06 bits per heavy atom. The predicted octanol–water partition coefficient (Wildman–Crippen LogP) is 2.06. The van der Waals surface area contributed by atoms with Gasteiger partial charge in [0.1, 0.15) is 6.54 Å². The van der Waals surface area contributed by atoms with Gasteiger partial charge < -0.3 is 0 Å². The molecule has 0 spiro atoms. The van der Waals surface area contributed by atoms with Crippen LogP contribution in [0.15, 0.2) is 28.7 Å². The molecule has 0 aliphatic carbocycles. The highest BCUT2D eigenvalue weighted by Gasteiger charge is 2.09. The number of nitrogens with zero attached hydrogens (tertiary/aromatic N) is 4. The zero-order valence-corrected chi connectivity index (χ0v) is 11.0. The molecule has 0 radical (unpaired) electrons. The summed E-state index contributed by atoms with van der Waals surface area (Å²) in [5, 5.41) is 11.4. The fourth-order valence-electron chi connectivity index (χ4n) is 1.25. The third-order valence-corrected chi connectivity index (χ3v) is 2.83. The quantitative estimate of drug-likeness (QED) is 0.640. The Balaban J connectivity index is 2.08. The number of tetrazole rings is 1. The number of benzene rings is 1. The van der Waals surface area contributed by atoms with E-state index >= 15 is 0 Å². The van der Waals surface area contributed by atoms with Crippen molar-refractivity contribution in [3.8, 4) is 0 Å². The van der Waals surface area contributed by atoms with Gasteiger partial charge >= 0.3 is 0 Å². The highest BCUT2D eigenvalue weighted by Crippen LogP contribution is 2.11. The first-order chi connectivity index (χ1) is 8.19. The van der Waals surface area contributed by atoms with Gasteiger partial charge in [0.25, 0.3) is 0 Å². The van der Waals surface area contributed by atoms with Crippen LogP contribution in [0.3, 0.4) is 0 Å². The number of aromatic nitrogens is 4. The number of hydrogen-bond acceptors (Lipinski definition) is 4. The van der Waals surface area contributed by atoms with Crippen LogP contribution < -0.4 is 0 Å². The largest absolute Gasteiger partial charge is 0.292 e. The standard InChI is InChI=1S/C10H8BrClN4O/c11-8-3-1-7(2-4-8)9(17)6-16-14-10(5-12)13-15-16/h1-4H,5-6H2. The Morgan fingerprint density at radius 3 is 2.65 bits per heavy atom. The SMILES string of the molecule is O=C(Cn1nnc(CCl)n1)c1ccc(Br)cc1. The highest BCUT2D eigenvalue weighted by atomic mass is 79.9. The van der Waals surface area contributed by atoms with Crippen LogP contribution in [0, 0.1) is 0 Å². The van der Waals surface area contributed by atoms with Crippen LogP contribution in [0.5, 0.6) is 0 Å². The third-order valence-electron chi connectivity index (χ3n) is 2.07. The third kappa shape index (κ3) is 3.10. The van der Waals surface area contributed by atoms with Gasteiger partial charge in [-0.1, -0.05) is 28.1 Å². The molecule has 0 aliphatic heterocycles. The molecular weight excluding hydrogens is 307 g/mol. The maximum absolute atomic E-state index is 11.8. The molecule has 0 unspecified atom stereocenters. The number of rotatable bonds is 4. The van der Waals surface area contributed by atoms with Crippen molar-refractivity contribution in [1.29, 1.82) is 0 Å². The van der Waals surface area contributed by atoms with E-state index in [0.717, 1.165) is 4.47 Å². The second-order valence-corrected chi connectivity index (χ2v) is 4.48. The van der Waals surface area contributed by atoms with E-state index < -0.39 is 0 Å². The predicted molar refractivity (Wildman–Crippen MR) is 65.8 cm³/mol. The van der Waals surface area contributed by atoms with Gasteiger partial charge in [-0.15, -0.1) is 21.8 Å². The first-order valence-electron chi connectivity index (χ1n) is 4.80. The lowest BCUT2D eigenvalue weighted by atomic mass is 10.1. The van der Waals surface area contributed by atoms with Crippen LogP contribution in [0.4, 0.5) is 0 Å². The Kier molecular flexibility index (Phi) is 3.86.